The number of aromatic hydroxyl groups is 1. The third-order valence-corrected chi connectivity index (χ3v) is 4.27. The van der Waals surface area contributed by atoms with Gasteiger partial charge in [-0.15, -0.1) is 0 Å². The van der Waals surface area contributed by atoms with Crippen molar-refractivity contribution >= 4 is 5.78 Å². The molecule has 0 bridgehead atoms. The molecule has 0 aliphatic heterocycles. The molecule has 1 unspecified atom stereocenters. The van der Waals surface area contributed by atoms with Crippen molar-refractivity contribution in [2.75, 3.05) is 35.0 Å². The molecule has 1 atom stereocenters. The monoisotopic (exact) mass is 390 g/mol. The van der Waals surface area contributed by atoms with Crippen LogP contribution in [0.15, 0.2) is 30.3 Å². The van der Waals surface area contributed by atoms with E-state index in [2.05, 4.69) is 0 Å². The molecule has 0 amide bonds. The van der Waals surface area contributed by atoms with Crippen molar-refractivity contribution in [3.05, 3.63) is 41.5 Å². The second-order valence-corrected chi connectivity index (χ2v) is 5.93. The van der Waals surface area contributed by atoms with Crippen molar-refractivity contribution in [2.45, 2.75) is 19.4 Å². The molecule has 0 heterocycles. The number of phenolic OH excluding ortho intramolecular Hbond substituents is 1. The Morgan fingerprint density at radius 2 is 1.54 bits per heavy atom. The van der Waals surface area contributed by atoms with Gasteiger partial charge >= 0.3 is 0 Å². The van der Waals surface area contributed by atoms with E-state index < -0.39 is 6.10 Å². The summed E-state index contributed by atoms with van der Waals surface area (Å²) in [6.07, 6.45) is -0.443. The van der Waals surface area contributed by atoms with Crippen molar-refractivity contribution in [1.82, 2.24) is 0 Å². The van der Waals surface area contributed by atoms with Crippen LogP contribution in [0.5, 0.6) is 28.7 Å². The van der Waals surface area contributed by atoms with Crippen LogP contribution in [0.3, 0.4) is 0 Å². The second-order valence-electron chi connectivity index (χ2n) is 5.93. The van der Waals surface area contributed by atoms with Gasteiger partial charge in [0.25, 0.3) is 0 Å². The maximum absolute atomic E-state index is 13.1. The molecule has 2 rings (SSSR count). The predicted molar refractivity (Wildman–Crippen MR) is 104 cm³/mol. The maximum Gasteiger partial charge on any atom is 0.203 e. The molecule has 2 aromatic carbocycles. The van der Waals surface area contributed by atoms with Crippen LogP contribution < -0.4 is 18.9 Å². The first-order valence-corrected chi connectivity index (χ1v) is 8.80. The smallest absolute Gasteiger partial charge is 0.203 e. The van der Waals surface area contributed by atoms with Crippen molar-refractivity contribution < 1.29 is 33.6 Å². The maximum atomic E-state index is 13.1. The number of Topliss-reactive ketones (excluding diaryl/α,β-unsaturated/α-hetero) is 1. The SMILES string of the molecule is CCOC(Cc1ccc(OC)c(O)c1)C(=O)c1cc(OC)c(OC)c(OC)c1. The molecule has 0 aromatic heterocycles. The fraction of sp³-hybridized carbons (Fsp3) is 0.381. The fourth-order valence-corrected chi connectivity index (χ4v) is 2.91. The summed E-state index contributed by atoms with van der Waals surface area (Å²) in [7, 11) is 5.96. The number of hydrogen-bond donors (Lipinski definition) is 1. The Labute approximate surface area is 164 Å². The summed E-state index contributed by atoms with van der Waals surface area (Å²) in [6.45, 7) is 2.18. The lowest BCUT2D eigenvalue weighted by Crippen LogP contribution is -2.27. The molecule has 0 fully saturated rings. The molecule has 1 N–H and O–H groups in total. The Kier molecular flexibility index (Phi) is 7.52. The van der Waals surface area contributed by atoms with E-state index in [-0.39, 0.29) is 11.5 Å². The first kappa shape index (κ1) is 21.4. The summed E-state index contributed by atoms with van der Waals surface area (Å²) >= 11 is 0. The molecule has 0 aliphatic carbocycles. The second kappa shape index (κ2) is 9.85. The van der Waals surface area contributed by atoms with Crippen molar-refractivity contribution in [2.24, 2.45) is 0 Å². The number of carbonyl (C=O) groups excluding carboxylic acids is 1. The predicted octanol–water partition coefficient (Wildman–Crippen LogP) is 3.26. The number of phenols is 1. The van der Waals surface area contributed by atoms with Crippen LogP contribution in [0.25, 0.3) is 0 Å². The minimum Gasteiger partial charge on any atom is -0.504 e. The molecule has 0 spiro atoms. The molecular formula is C21H26O7. The zero-order valence-electron chi connectivity index (χ0n) is 16.8. The topological polar surface area (TPSA) is 83.5 Å². The highest BCUT2D eigenvalue weighted by atomic mass is 16.5. The summed E-state index contributed by atoms with van der Waals surface area (Å²) in [5.74, 6) is 1.35. The summed E-state index contributed by atoms with van der Waals surface area (Å²) in [5.41, 5.74) is 1.13. The van der Waals surface area contributed by atoms with Crippen molar-refractivity contribution in [3.8, 4) is 28.7 Å². The van der Waals surface area contributed by atoms with Crippen LogP contribution in [0, 0.1) is 0 Å². The van der Waals surface area contributed by atoms with Gasteiger partial charge in [-0.25, -0.2) is 0 Å². The number of carbonyl (C=O) groups is 1. The number of ether oxygens (including phenoxy) is 5. The van der Waals surface area contributed by atoms with Crippen LogP contribution in [0.1, 0.15) is 22.8 Å². The van der Waals surface area contributed by atoms with Gasteiger partial charge in [0.15, 0.2) is 28.8 Å². The van der Waals surface area contributed by atoms with Crippen LogP contribution in [0.2, 0.25) is 0 Å². The van der Waals surface area contributed by atoms with Gasteiger partial charge < -0.3 is 28.8 Å². The Balaban J connectivity index is 2.35. The summed E-state index contributed by atoms with van der Waals surface area (Å²) in [6, 6.07) is 8.19. The Morgan fingerprint density at radius 3 is 2.00 bits per heavy atom. The summed E-state index contributed by atoms with van der Waals surface area (Å²) in [5, 5.41) is 9.99. The van der Waals surface area contributed by atoms with Gasteiger partial charge in [0.2, 0.25) is 5.75 Å². The lowest BCUT2D eigenvalue weighted by atomic mass is 9.98. The minimum atomic E-state index is -0.736. The largest absolute Gasteiger partial charge is 0.504 e. The third-order valence-electron chi connectivity index (χ3n) is 4.27. The Hall–Kier alpha value is -2.93. The fourth-order valence-electron chi connectivity index (χ4n) is 2.91. The molecule has 28 heavy (non-hydrogen) atoms. The van der Waals surface area contributed by atoms with Crippen LogP contribution >= 0.6 is 0 Å². The molecular weight excluding hydrogens is 364 g/mol. The zero-order valence-corrected chi connectivity index (χ0v) is 16.8. The normalized spacial score (nSPS) is 11.6. The van der Waals surface area contributed by atoms with E-state index >= 15 is 0 Å². The van der Waals surface area contributed by atoms with Crippen molar-refractivity contribution in [3.63, 3.8) is 0 Å². The number of methoxy groups -OCH3 is 4. The molecule has 152 valence electrons. The molecule has 0 aliphatic rings. The lowest BCUT2D eigenvalue weighted by Gasteiger charge is -2.19. The third kappa shape index (κ3) is 4.67. The van der Waals surface area contributed by atoms with E-state index in [4.69, 9.17) is 23.7 Å². The standard InChI is InChI=1S/C21H26O7/c1-6-28-17(10-13-7-8-16(24-2)15(22)9-13)20(23)14-11-18(25-3)21(27-5)19(12-14)26-4/h7-9,11-12,17,22H,6,10H2,1-5H3. The van der Waals surface area contributed by atoms with Crippen LogP contribution in [0.4, 0.5) is 0 Å². The molecule has 0 radical (unpaired) electrons. The zero-order chi connectivity index (χ0) is 20.7. The highest BCUT2D eigenvalue weighted by molar-refractivity contribution is 6.00. The summed E-state index contributed by atoms with van der Waals surface area (Å²) < 4.78 is 26.7. The molecule has 7 heteroatoms. The minimum absolute atomic E-state index is 0.00971. The highest BCUT2D eigenvalue weighted by Crippen LogP contribution is 2.38. The van der Waals surface area contributed by atoms with Crippen LogP contribution in [-0.4, -0.2) is 52.0 Å². The first-order valence-electron chi connectivity index (χ1n) is 8.80. The van der Waals surface area contributed by atoms with Gasteiger partial charge in [-0.3, -0.25) is 4.79 Å². The number of rotatable bonds is 10. The van der Waals surface area contributed by atoms with Gasteiger partial charge in [0.1, 0.15) is 6.10 Å². The number of ketones is 1. The number of benzene rings is 2. The Bertz CT molecular complexity index is 791. The van der Waals surface area contributed by atoms with E-state index in [9.17, 15) is 9.90 Å². The quantitative estimate of drug-likeness (QED) is 0.624. The van der Waals surface area contributed by atoms with Gasteiger partial charge in [-0.1, -0.05) is 6.07 Å². The van der Waals surface area contributed by atoms with Gasteiger partial charge in [-0.05, 0) is 36.8 Å². The van der Waals surface area contributed by atoms with E-state index in [1.54, 1.807) is 30.3 Å². The van der Waals surface area contributed by atoms with E-state index in [1.165, 1.54) is 28.4 Å². The molecule has 7 nitrogen and oxygen atoms in total. The Morgan fingerprint density at radius 1 is 0.929 bits per heavy atom. The molecule has 2 aromatic rings. The lowest BCUT2D eigenvalue weighted by molar-refractivity contribution is 0.0457. The molecule has 0 saturated carbocycles. The van der Waals surface area contributed by atoms with Gasteiger partial charge in [-0.2, -0.15) is 0 Å². The van der Waals surface area contributed by atoms with Gasteiger partial charge in [0, 0.05) is 18.6 Å². The van der Waals surface area contributed by atoms with E-state index in [1.807, 2.05) is 6.92 Å². The van der Waals surface area contributed by atoms with E-state index in [0.717, 1.165) is 5.56 Å². The van der Waals surface area contributed by atoms with Crippen LogP contribution in [-0.2, 0) is 11.2 Å². The van der Waals surface area contributed by atoms with E-state index in [0.29, 0.717) is 41.6 Å². The summed E-state index contributed by atoms with van der Waals surface area (Å²) in [4.78, 5) is 13.1. The van der Waals surface area contributed by atoms with Gasteiger partial charge in [0.05, 0.1) is 28.4 Å². The molecule has 0 saturated heterocycles. The average Bonchev–Trinajstić information content (AvgIpc) is 2.71. The highest BCUT2D eigenvalue weighted by Gasteiger charge is 2.25. The number of hydrogen-bond acceptors (Lipinski definition) is 7. The first-order chi connectivity index (χ1) is 13.5. The average molecular weight is 390 g/mol. The van der Waals surface area contributed by atoms with Crippen molar-refractivity contribution in [1.29, 1.82) is 0 Å².